The number of benzene rings is 7. The first kappa shape index (κ1) is 44.6. The molecule has 342 valence electrons. The molecule has 0 spiro atoms. The Morgan fingerprint density at radius 1 is 0.303 bits per heavy atom. The van der Waals surface area contributed by atoms with E-state index in [1.807, 2.05) is 0 Å². The first-order valence-corrected chi connectivity index (χ1v) is 16.9. The minimum Gasteiger partial charge on any atom is -0.529 e. The van der Waals surface area contributed by atoms with E-state index in [9.17, 15) is 26.3 Å². The van der Waals surface area contributed by atoms with Crippen LogP contribution in [0.1, 0.15) is 22.3 Å². The van der Waals surface area contributed by atoms with Crippen LogP contribution in [-0.4, -0.2) is 7.12 Å². The van der Waals surface area contributed by atoms with Crippen molar-refractivity contribution in [3.05, 3.63) is 144 Å². The van der Waals surface area contributed by atoms with Gasteiger partial charge in [-0.05, 0) is 0 Å². The van der Waals surface area contributed by atoms with E-state index in [2.05, 4.69) is 9.31 Å². The monoisotopic (exact) mass is 974 g/mol. The summed E-state index contributed by atoms with van der Waals surface area (Å²) < 4.78 is 394. The fourth-order valence-electron chi connectivity index (χ4n) is 7.96. The van der Waals surface area contributed by atoms with E-state index in [1.54, 1.807) is 0 Å². The SMILES string of the molecule is FC1=C(F)C(F)(OB(Oc2c(F)c(F)c3c(F)c(F)c4c(F)c(F)c(F)c5c(F)c(F)c2c3c45)c2c(F)c(F)c(F)c3c2C(F)(F)c2c(F)c(F)c(F)c(F)c2-3)c2c(F)c(F)c(F)c(F)c21. The third kappa shape index (κ3) is 5.04. The van der Waals surface area contributed by atoms with Crippen LogP contribution in [0.4, 0.5) is 110 Å². The van der Waals surface area contributed by atoms with Crippen molar-refractivity contribution in [2.75, 3.05) is 0 Å². The summed E-state index contributed by atoms with van der Waals surface area (Å²) >= 11 is 0. The molecule has 7 aromatic rings. The lowest BCUT2D eigenvalue weighted by Gasteiger charge is -2.29. The average Bonchev–Trinajstić information content (AvgIpc) is 3.62. The molecule has 0 N–H and O–H groups in total. The zero-order chi connectivity index (χ0) is 48.8. The molecule has 0 amide bonds. The van der Waals surface area contributed by atoms with Crippen LogP contribution in [0, 0.1) is 116 Å². The number of halogens is 25. The molecule has 1 atom stereocenters. The van der Waals surface area contributed by atoms with Gasteiger partial charge in [0.1, 0.15) is 0 Å². The average molecular weight is 974 g/mol. The van der Waals surface area contributed by atoms with Gasteiger partial charge in [0, 0.05) is 32.9 Å². The van der Waals surface area contributed by atoms with Crippen molar-refractivity contribution in [3.8, 4) is 16.9 Å². The van der Waals surface area contributed by atoms with Crippen LogP contribution in [-0.2, 0) is 16.4 Å². The first-order valence-electron chi connectivity index (χ1n) is 16.9. The maximum atomic E-state index is 17.0. The third-order valence-corrected chi connectivity index (χ3v) is 10.7. The Morgan fingerprint density at radius 3 is 1.15 bits per heavy atom. The lowest BCUT2D eigenvalue weighted by atomic mass is 9.72. The summed E-state index contributed by atoms with van der Waals surface area (Å²) in [4.78, 5) is 0. The Labute approximate surface area is 343 Å². The van der Waals surface area contributed by atoms with E-state index < -0.39 is 224 Å². The Balaban J connectivity index is 1.46. The van der Waals surface area contributed by atoms with Crippen LogP contribution in [0.3, 0.4) is 0 Å². The van der Waals surface area contributed by atoms with Crippen molar-refractivity contribution >= 4 is 50.7 Å². The highest BCUT2D eigenvalue weighted by atomic mass is 19.3. The molecular weight excluding hydrogens is 974 g/mol. The maximum Gasteiger partial charge on any atom is 0.569 e. The van der Waals surface area contributed by atoms with Crippen molar-refractivity contribution in [2.45, 2.75) is 11.8 Å². The van der Waals surface area contributed by atoms with E-state index in [1.165, 1.54) is 0 Å². The Kier molecular flexibility index (Phi) is 9.27. The Hall–Kier alpha value is -6.61. The van der Waals surface area contributed by atoms with Crippen molar-refractivity contribution in [1.29, 1.82) is 0 Å². The van der Waals surface area contributed by atoms with Gasteiger partial charge in [0.15, 0.2) is 128 Å². The molecule has 9 rings (SSSR count). The summed E-state index contributed by atoms with van der Waals surface area (Å²) in [6.07, 6.45) is 0. The van der Waals surface area contributed by atoms with Crippen LogP contribution in [0.2, 0.25) is 0 Å². The van der Waals surface area contributed by atoms with Gasteiger partial charge < -0.3 is 9.31 Å². The predicted molar refractivity (Wildman–Crippen MR) is 170 cm³/mol. The molecule has 2 aliphatic carbocycles. The molecule has 0 saturated heterocycles. The van der Waals surface area contributed by atoms with E-state index >= 15 is 83.4 Å². The van der Waals surface area contributed by atoms with Crippen LogP contribution in [0.25, 0.3) is 49.3 Å². The van der Waals surface area contributed by atoms with Gasteiger partial charge >= 0.3 is 13.0 Å². The summed E-state index contributed by atoms with van der Waals surface area (Å²) in [5, 5.41) is -13.7. The van der Waals surface area contributed by atoms with Gasteiger partial charge in [-0.15, -0.1) is 0 Å². The second kappa shape index (κ2) is 13.7. The molecule has 66 heavy (non-hydrogen) atoms. The fraction of sp³-hybridized carbons (Fsp3) is 0.0526. The van der Waals surface area contributed by atoms with Crippen molar-refractivity contribution in [3.63, 3.8) is 0 Å². The zero-order valence-corrected chi connectivity index (χ0v) is 29.8. The lowest BCUT2D eigenvalue weighted by molar-refractivity contribution is -0.0623. The summed E-state index contributed by atoms with van der Waals surface area (Å²) in [6.45, 7) is 0. The van der Waals surface area contributed by atoms with Gasteiger partial charge in [-0.3, -0.25) is 0 Å². The number of hydrogen-bond acceptors (Lipinski definition) is 2. The fourth-order valence-corrected chi connectivity index (χ4v) is 7.96. The molecule has 0 fully saturated rings. The van der Waals surface area contributed by atoms with Gasteiger partial charge in [-0.25, -0.2) is 92.2 Å². The van der Waals surface area contributed by atoms with E-state index in [0.717, 1.165) is 0 Å². The van der Waals surface area contributed by atoms with Crippen LogP contribution >= 0.6 is 0 Å². The topological polar surface area (TPSA) is 18.5 Å². The predicted octanol–water partition coefficient (Wildman–Crippen LogP) is 12.7. The van der Waals surface area contributed by atoms with E-state index in [0.29, 0.717) is 0 Å². The van der Waals surface area contributed by atoms with Crippen molar-refractivity contribution in [2.24, 2.45) is 0 Å². The minimum atomic E-state index is -6.04. The van der Waals surface area contributed by atoms with Gasteiger partial charge in [0.25, 0.3) is 5.85 Å². The second-order valence-electron chi connectivity index (χ2n) is 13.9. The van der Waals surface area contributed by atoms with Gasteiger partial charge in [0.2, 0.25) is 5.83 Å². The lowest BCUT2D eigenvalue weighted by Crippen LogP contribution is -2.50. The van der Waals surface area contributed by atoms with Crippen LogP contribution in [0.5, 0.6) is 5.75 Å². The summed E-state index contributed by atoms with van der Waals surface area (Å²) in [7, 11) is -4.80. The largest absolute Gasteiger partial charge is 0.569 e. The van der Waals surface area contributed by atoms with Crippen molar-refractivity contribution < 1.29 is 119 Å². The maximum absolute atomic E-state index is 17.0. The van der Waals surface area contributed by atoms with Crippen molar-refractivity contribution in [1.82, 2.24) is 0 Å². The number of hydrogen-bond donors (Lipinski definition) is 0. The highest BCUT2D eigenvalue weighted by Crippen LogP contribution is 2.57. The molecule has 0 saturated carbocycles. The van der Waals surface area contributed by atoms with Crippen LogP contribution < -0.4 is 10.1 Å². The highest BCUT2D eigenvalue weighted by Gasteiger charge is 2.61. The molecule has 0 radical (unpaired) electrons. The number of alkyl halides is 3. The molecule has 2 nitrogen and oxygen atoms in total. The summed E-state index contributed by atoms with van der Waals surface area (Å²) in [5.74, 6) is -84.1. The van der Waals surface area contributed by atoms with Crippen LogP contribution in [0.15, 0.2) is 5.83 Å². The van der Waals surface area contributed by atoms with Gasteiger partial charge in [-0.1, -0.05) is 0 Å². The molecule has 0 heterocycles. The summed E-state index contributed by atoms with van der Waals surface area (Å²) in [6, 6.07) is 0. The molecule has 2 aliphatic rings. The smallest absolute Gasteiger partial charge is 0.529 e. The Bertz CT molecular complexity index is 3490. The molecule has 28 heteroatoms. The van der Waals surface area contributed by atoms with Gasteiger partial charge in [-0.2, -0.15) is 17.6 Å². The number of rotatable bonds is 5. The van der Waals surface area contributed by atoms with E-state index in [-0.39, 0.29) is 0 Å². The molecule has 0 bridgehead atoms. The minimum absolute atomic E-state index is 2.05. The normalized spacial score (nSPS) is 16.4. The zero-order valence-electron chi connectivity index (χ0n) is 29.8. The van der Waals surface area contributed by atoms with E-state index in [4.69, 9.17) is 0 Å². The first-order chi connectivity index (χ1) is 30.6. The second-order valence-corrected chi connectivity index (χ2v) is 13.9. The molecule has 0 aliphatic heterocycles. The molecular formula is C38BF25O2. The van der Waals surface area contributed by atoms with Gasteiger partial charge in [0.05, 0.1) is 38.2 Å². The summed E-state index contributed by atoms with van der Waals surface area (Å²) in [5.41, 5.74) is -20.3. The molecule has 0 aromatic heterocycles. The standard InChI is InChI=1S/C38BF25O2/c40-14-3-4-11(25(51)32(58)30(56)15(4)41)37(62,63)10(3)13(27(53)29(14)55)39(66-38(64)12-9(24(50)36(38)61)23(49)31(57)33(59)26(12)52)65-35-8-2-1-5(16(42)17(43)7(2)21(47)34(35)60)19(45)28(54)20(46)6(1)18(44)22(8)48. The molecule has 7 aromatic carbocycles. The third-order valence-electron chi connectivity index (χ3n) is 10.7. The number of fused-ring (bicyclic) bond motifs is 4. The quantitative estimate of drug-likeness (QED) is 0.0563. The highest BCUT2D eigenvalue weighted by molar-refractivity contribution is 6.63. The molecule has 1 unspecified atom stereocenters. The Morgan fingerprint density at radius 2 is 0.652 bits per heavy atom.